The van der Waals surface area contributed by atoms with Crippen LogP contribution in [-0.4, -0.2) is 49.3 Å². The lowest BCUT2D eigenvalue weighted by molar-refractivity contribution is -0.143. The molecule has 5 heteroatoms. The fourth-order valence-corrected chi connectivity index (χ4v) is 3.93. The molecule has 0 radical (unpaired) electrons. The molecule has 1 fully saturated rings. The summed E-state index contributed by atoms with van der Waals surface area (Å²) in [6.45, 7) is 11.0. The van der Waals surface area contributed by atoms with Crippen LogP contribution in [0.1, 0.15) is 72.1 Å². The van der Waals surface area contributed by atoms with Crippen LogP contribution in [0.4, 0.5) is 5.69 Å². The largest absolute Gasteiger partial charge is 0.494 e. The van der Waals surface area contributed by atoms with Gasteiger partial charge in [0.2, 0.25) is 0 Å². The van der Waals surface area contributed by atoms with Crippen LogP contribution in [0.2, 0.25) is 0 Å². The average Bonchev–Trinajstić information content (AvgIpc) is 3.00. The molecule has 0 aliphatic heterocycles. The normalized spacial score (nSPS) is 16.4. The van der Waals surface area contributed by atoms with Gasteiger partial charge in [-0.25, -0.2) is 0 Å². The lowest BCUT2D eigenvalue weighted by Gasteiger charge is -2.31. The Kier molecular flexibility index (Phi) is 10.5. The fraction of sp³-hybridized carbons (Fsp3) is 0.708. The maximum absolute atomic E-state index is 13.1. The first kappa shape index (κ1) is 23.7. The number of amides is 1. The standard InChI is InChI=1S/C24H40N2O3/c1-4-19-29-24(16-9-7-8-10-17-24)23(27)25-21-12-14-22(15-13-21)28-20-11-18-26(5-2)6-3/h12-15H,4-11,16-20H2,1-3H3,(H,25,27). The predicted molar refractivity (Wildman–Crippen MR) is 120 cm³/mol. The molecule has 29 heavy (non-hydrogen) atoms. The van der Waals surface area contributed by atoms with Gasteiger partial charge in [0.15, 0.2) is 0 Å². The van der Waals surface area contributed by atoms with E-state index in [0.29, 0.717) is 13.2 Å². The summed E-state index contributed by atoms with van der Waals surface area (Å²) in [5.41, 5.74) is 0.126. The van der Waals surface area contributed by atoms with Crippen LogP contribution in [0, 0.1) is 0 Å². The van der Waals surface area contributed by atoms with Crippen molar-refractivity contribution in [2.24, 2.45) is 0 Å². The summed E-state index contributed by atoms with van der Waals surface area (Å²) in [7, 11) is 0. The van der Waals surface area contributed by atoms with Gasteiger partial charge in [0.1, 0.15) is 11.4 Å². The van der Waals surface area contributed by atoms with E-state index in [1.54, 1.807) is 0 Å². The molecule has 1 aliphatic carbocycles. The van der Waals surface area contributed by atoms with Gasteiger partial charge in [-0.05, 0) is 63.0 Å². The van der Waals surface area contributed by atoms with Crippen molar-refractivity contribution in [3.8, 4) is 5.75 Å². The quantitative estimate of drug-likeness (QED) is 0.382. The molecule has 1 aliphatic rings. The van der Waals surface area contributed by atoms with Crippen LogP contribution in [0.3, 0.4) is 0 Å². The second-order valence-electron chi connectivity index (χ2n) is 7.96. The summed E-state index contributed by atoms with van der Waals surface area (Å²) in [5.74, 6) is 0.842. The molecular weight excluding hydrogens is 364 g/mol. The van der Waals surface area contributed by atoms with Gasteiger partial charge in [-0.3, -0.25) is 4.79 Å². The maximum atomic E-state index is 13.1. The average molecular weight is 405 g/mol. The summed E-state index contributed by atoms with van der Waals surface area (Å²) < 4.78 is 12.0. The van der Waals surface area contributed by atoms with Crippen LogP contribution in [0.15, 0.2) is 24.3 Å². The zero-order valence-electron chi connectivity index (χ0n) is 18.7. The Balaban J connectivity index is 1.87. The van der Waals surface area contributed by atoms with E-state index in [9.17, 15) is 4.79 Å². The molecule has 0 aromatic heterocycles. The van der Waals surface area contributed by atoms with Crippen molar-refractivity contribution in [2.45, 2.75) is 77.7 Å². The number of carbonyl (C=O) groups excluding carboxylic acids is 1. The maximum Gasteiger partial charge on any atom is 0.256 e. The molecule has 0 atom stereocenters. The topological polar surface area (TPSA) is 50.8 Å². The van der Waals surface area contributed by atoms with Crippen LogP contribution >= 0.6 is 0 Å². The molecule has 5 nitrogen and oxygen atoms in total. The number of nitrogens with one attached hydrogen (secondary N) is 1. The van der Waals surface area contributed by atoms with Crippen molar-refractivity contribution < 1.29 is 14.3 Å². The lowest BCUT2D eigenvalue weighted by atomic mass is 9.92. The first-order valence-electron chi connectivity index (χ1n) is 11.5. The third-order valence-corrected chi connectivity index (χ3v) is 5.80. The Morgan fingerprint density at radius 3 is 2.24 bits per heavy atom. The van der Waals surface area contributed by atoms with Gasteiger partial charge in [0.25, 0.3) is 5.91 Å². The molecule has 1 aromatic rings. The van der Waals surface area contributed by atoms with E-state index >= 15 is 0 Å². The van der Waals surface area contributed by atoms with E-state index in [1.165, 1.54) is 12.8 Å². The third kappa shape index (κ3) is 7.63. The molecule has 0 bridgehead atoms. The Morgan fingerprint density at radius 1 is 1.00 bits per heavy atom. The molecule has 1 saturated carbocycles. The molecule has 164 valence electrons. The predicted octanol–water partition coefficient (Wildman–Crippen LogP) is 5.26. The van der Waals surface area contributed by atoms with E-state index in [1.807, 2.05) is 24.3 Å². The molecule has 2 rings (SSSR count). The van der Waals surface area contributed by atoms with Gasteiger partial charge < -0.3 is 19.7 Å². The molecular formula is C24H40N2O3. The number of anilines is 1. The van der Waals surface area contributed by atoms with Crippen LogP contribution in [0.5, 0.6) is 5.75 Å². The minimum atomic E-state index is -0.674. The second-order valence-corrected chi connectivity index (χ2v) is 7.96. The Bertz CT molecular complexity index is 576. The Hall–Kier alpha value is -1.59. The van der Waals surface area contributed by atoms with E-state index < -0.39 is 5.60 Å². The number of benzene rings is 1. The van der Waals surface area contributed by atoms with Crippen molar-refractivity contribution in [3.63, 3.8) is 0 Å². The smallest absolute Gasteiger partial charge is 0.256 e. The Labute approximate surface area is 177 Å². The minimum absolute atomic E-state index is 0.000686. The highest BCUT2D eigenvalue weighted by molar-refractivity contribution is 5.97. The SMILES string of the molecule is CCCOC1(C(=O)Nc2ccc(OCCCN(CC)CC)cc2)CCCCCC1. The fourth-order valence-electron chi connectivity index (χ4n) is 3.93. The molecule has 0 heterocycles. The summed E-state index contributed by atoms with van der Waals surface area (Å²) in [4.78, 5) is 15.5. The van der Waals surface area contributed by atoms with Crippen molar-refractivity contribution >= 4 is 11.6 Å². The van der Waals surface area contributed by atoms with Crippen LogP contribution in [-0.2, 0) is 9.53 Å². The molecule has 0 unspecified atom stereocenters. The monoisotopic (exact) mass is 404 g/mol. The highest BCUT2D eigenvalue weighted by Gasteiger charge is 2.39. The van der Waals surface area contributed by atoms with Crippen molar-refractivity contribution in [2.75, 3.05) is 38.2 Å². The highest BCUT2D eigenvalue weighted by atomic mass is 16.5. The van der Waals surface area contributed by atoms with E-state index in [0.717, 1.165) is 69.6 Å². The zero-order valence-corrected chi connectivity index (χ0v) is 18.7. The molecule has 1 amide bonds. The third-order valence-electron chi connectivity index (χ3n) is 5.80. The van der Waals surface area contributed by atoms with Gasteiger partial charge in [-0.2, -0.15) is 0 Å². The van der Waals surface area contributed by atoms with Gasteiger partial charge in [0, 0.05) is 18.8 Å². The van der Waals surface area contributed by atoms with Crippen LogP contribution in [0.25, 0.3) is 0 Å². The van der Waals surface area contributed by atoms with Gasteiger partial charge in [-0.1, -0.05) is 46.5 Å². The first-order valence-corrected chi connectivity index (χ1v) is 11.5. The lowest BCUT2D eigenvalue weighted by Crippen LogP contribution is -2.45. The number of rotatable bonds is 12. The number of hydrogen-bond donors (Lipinski definition) is 1. The summed E-state index contributed by atoms with van der Waals surface area (Å²) in [5, 5.41) is 3.09. The van der Waals surface area contributed by atoms with E-state index in [2.05, 4.69) is 31.0 Å². The van der Waals surface area contributed by atoms with E-state index in [-0.39, 0.29) is 5.91 Å². The van der Waals surface area contributed by atoms with Gasteiger partial charge in [-0.15, -0.1) is 0 Å². The van der Waals surface area contributed by atoms with Gasteiger partial charge in [0.05, 0.1) is 6.61 Å². The number of hydrogen-bond acceptors (Lipinski definition) is 4. The Morgan fingerprint density at radius 2 is 1.66 bits per heavy atom. The van der Waals surface area contributed by atoms with Gasteiger partial charge >= 0.3 is 0 Å². The van der Waals surface area contributed by atoms with Crippen molar-refractivity contribution in [1.29, 1.82) is 0 Å². The van der Waals surface area contributed by atoms with Crippen LogP contribution < -0.4 is 10.1 Å². The minimum Gasteiger partial charge on any atom is -0.494 e. The molecule has 0 spiro atoms. The summed E-state index contributed by atoms with van der Waals surface area (Å²) >= 11 is 0. The number of ether oxygens (including phenoxy) is 2. The first-order chi connectivity index (χ1) is 14.1. The molecule has 0 saturated heterocycles. The summed E-state index contributed by atoms with van der Waals surface area (Å²) in [6.07, 6.45) is 8.04. The van der Waals surface area contributed by atoms with E-state index in [4.69, 9.17) is 9.47 Å². The second kappa shape index (κ2) is 12.9. The van der Waals surface area contributed by atoms with Crippen molar-refractivity contribution in [3.05, 3.63) is 24.3 Å². The molecule has 1 aromatic carbocycles. The number of nitrogens with zero attached hydrogens (tertiary/aromatic N) is 1. The summed E-state index contributed by atoms with van der Waals surface area (Å²) in [6, 6.07) is 7.70. The van der Waals surface area contributed by atoms with Crippen molar-refractivity contribution in [1.82, 2.24) is 4.90 Å². The highest BCUT2D eigenvalue weighted by Crippen LogP contribution is 2.32. The number of carbonyl (C=O) groups is 1. The zero-order chi connectivity index (χ0) is 21.0. The molecule has 1 N–H and O–H groups in total.